The zero-order chi connectivity index (χ0) is 19.3. The number of hydrogen-bond acceptors (Lipinski definition) is 5. The molecule has 1 atom stereocenters. The molecular formula is C20H26N4O4. The number of aromatic nitrogens is 1. The first-order chi connectivity index (χ1) is 13.7. The van der Waals surface area contributed by atoms with Crippen molar-refractivity contribution in [1.82, 2.24) is 14.8 Å². The van der Waals surface area contributed by atoms with E-state index in [4.69, 9.17) is 9.47 Å². The van der Waals surface area contributed by atoms with E-state index in [0.29, 0.717) is 52.5 Å². The number of fused-ring (bicyclic) bond motifs is 1. The Balaban J connectivity index is 1.38. The molecule has 2 aliphatic heterocycles. The van der Waals surface area contributed by atoms with Crippen LogP contribution in [0.1, 0.15) is 6.42 Å². The molecule has 0 saturated carbocycles. The van der Waals surface area contributed by atoms with Gasteiger partial charge in [0.05, 0.1) is 26.4 Å². The van der Waals surface area contributed by atoms with E-state index in [2.05, 4.69) is 10.6 Å². The quantitative estimate of drug-likeness (QED) is 0.795. The molecule has 1 aromatic heterocycles. The number of benzene rings is 1. The fraction of sp³-hybridized carbons (Fsp3) is 0.500. The van der Waals surface area contributed by atoms with Crippen molar-refractivity contribution in [2.24, 2.45) is 0 Å². The third-order valence-corrected chi connectivity index (χ3v) is 5.15. The van der Waals surface area contributed by atoms with Gasteiger partial charge in [-0.1, -0.05) is 0 Å². The van der Waals surface area contributed by atoms with Crippen molar-refractivity contribution in [2.75, 3.05) is 51.4 Å². The highest BCUT2D eigenvalue weighted by Crippen LogP contribution is 2.21. The molecule has 2 amide bonds. The van der Waals surface area contributed by atoms with Crippen LogP contribution >= 0.6 is 0 Å². The standard InChI is InChI=1S/C20H26N4O4/c25-19(12-17-14-28-8-4-21-17)22-16-1-2-18-15(11-16)3-5-24(18)13-20(26)23-6-9-27-10-7-23/h1-3,5,11,17,21H,4,6-10,12-14H2,(H,22,25). The van der Waals surface area contributed by atoms with Gasteiger partial charge >= 0.3 is 0 Å². The van der Waals surface area contributed by atoms with Gasteiger partial charge in [0.25, 0.3) is 0 Å². The van der Waals surface area contributed by atoms with Gasteiger partial charge in [0.15, 0.2) is 0 Å². The lowest BCUT2D eigenvalue weighted by atomic mass is 10.1. The maximum atomic E-state index is 12.5. The van der Waals surface area contributed by atoms with Gasteiger partial charge in [0.1, 0.15) is 6.54 Å². The van der Waals surface area contributed by atoms with Crippen LogP contribution in [0.2, 0.25) is 0 Å². The highest BCUT2D eigenvalue weighted by atomic mass is 16.5. The molecule has 1 unspecified atom stereocenters. The smallest absolute Gasteiger partial charge is 0.242 e. The average Bonchev–Trinajstić information content (AvgIpc) is 3.11. The Hall–Kier alpha value is -2.42. The van der Waals surface area contributed by atoms with Gasteiger partial charge in [-0.25, -0.2) is 0 Å². The summed E-state index contributed by atoms with van der Waals surface area (Å²) in [7, 11) is 0. The van der Waals surface area contributed by atoms with Crippen molar-refractivity contribution in [3.8, 4) is 0 Å². The van der Waals surface area contributed by atoms with Crippen LogP contribution in [0.15, 0.2) is 30.5 Å². The fourth-order valence-electron chi connectivity index (χ4n) is 3.66. The van der Waals surface area contributed by atoms with Crippen molar-refractivity contribution < 1.29 is 19.1 Å². The van der Waals surface area contributed by atoms with E-state index < -0.39 is 0 Å². The predicted octanol–water partition coefficient (Wildman–Crippen LogP) is 0.817. The highest BCUT2D eigenvalue weighted by molar-refractivity contribution is 5.94. The van der Waals surface area contributed by atoms with E-state index in [9.17, 15) is 9.59 Å². The molecule has 4 rings (SSSR count). The summed E-state index contributed by atoms with van der Waals surface area (Å²) in [4.78, 5) is 26.6. The monoisotopic (exact) mass is 386 g/mol. The zero-order valence-electron chi connectivity index (χ0n) is 15.9. The fourth-order valence-corrected chi connectivity index (χ4v) is 3.66. The minimum Gasteiger partial charge on any atom is -0.378 e. The van der Waals surface area contributed by atoms with Gasteiger partial charge in [0.2, 0.25) is 11.8 Å². The van der Waals surface area contributed by atoms with Crippen LogP contribution in [0.3, 0.4) is 0 Å². The first-order valence-electron chi connectivity index (χ1n) is 9.74. The Labute approximate surface area is 163 Å². The number of morpholine rings is 2. The summed E-state index contributed by atoms with van der Waals surface area (Å²) in [5, 5.41) is 7.22. The van der Waals surface area contributed by atoms with Crippen molar-refractivity contribution >= 4 is 28.4 Å². The van der Waals surface area contributed by atoms with Crippen LogP contribution in [0, 0.1) is 0 Å². The molecule has 2 N–H and O–H groups in total. The van der Waals surface area contributed by atoms with Gasteiger partial charge in [-0.2, -0.15) is 0 Å². The summed E-state index contributed by atoms with van der Waals surface area (Å²) in [5.41, 5.74) is 1.73. The molecule has 8 nitrogen and oxygen atoms in total. The maximum absolute atomic E-state index is 12.5. The Morgan fingerprint density at radius 1 is 1.14 bits per heavy atom. The number of hydrogen-bond donors (Lipinski definition) is 2. The van der Waals surface area contributed by atoms with Gasteiger partial charge < -0.3 is 29.6 Å². The van der Waals surface area contributed by atoms with Crippen LogP contribution in [0.25, 0.3) is 10.9 Å². The molecule has 0 bridgehead atoms. The summed E-state index contributed by atoms with van der Waals surface area (Å²) in [6.45, 7) is 4.84. The van der Waals surface area contributed by atoms with E-state index in [-0.39, 0.29) is 17.9 Å². The normalized spacial score (nSPS) is 20.3. The summed E-state index contributed by atoms with van der Waals surface area (Å²) < 4.78 is 12.6. The molecule has 2 aliphatic rings. The second-order valence-electron chi connectivity index (χ2n) is 7.19. The lowest BCUT2D eigenvalue weighted by molar-refractivity contribution is -0.135. The third kappa shape index (κ3) is 4.52. The molecule has 150 valence electrons. The Kier molecular flexibility index (Phi) is 5.90. The molecule has 0 aliphatic carbocycles. The highest BCUT2D eigenvalue weighted by Gasteiger charge is 2.19. The predicted molar refractivity (Wildman–Crippen MR) is 105 cm³/mol. The summed E-state index contributed by atoms with van der Waals surface area (Å²) in [5.74, 6) is 0.0599. The van der Waals surface area contributed by atoms with Crippen LogP contribution < -0.4 is 10.6 Å². The number of amides is 2. The second-order valence-corrected chi connectivity index (χ2v) is 7.19. The first-order valence-corrected chi connectivity index (χ1v) is 9.74. The average molecular weight is 386 g/mol. The number of rotatable bonds is 5. The number of anilines is 1. The van der Waals surface area contributed by atoms with Crippen molar-refractivity contribution in [1.29, 1.82) is 0 Å². The number of nitrogens with zero attached hydrogens (tertiary/aromatic N) is 2. The molecule has 2 aromatic rings. The first kappa shape index (κ1) is 18.9. The summed E-state index contributed by atoms with van der Waals surface area (Å²) in [6.07, 6.45) is 2.30. The van der Waals surface area contributed by atoms with Crippen molar-refractivity contribution in [2.45, 2.75) is 19.0 Å². The SMILES string of the molecule is O=C(CC1COCCN1)Nc1ccc2c(ccn2CC(=O)N2CCOCC2)c1. The molecule has 1 aromatic carbocycles. The van der Waals surface area contributed by atoms with Crippen molar-refractivity contribution in [3.05, 3.63) is 30.5 Å². The van der Waals surface area contributed by atoms with Crippen molar-refractivity contribution in [3.63, 3.8) is 0 Å². The molecule has 8 heteroatoms. The van der Waals surface area contributed by atoms with E-state index in [1.54, 1.807) is 0 Å². The molecule has 28 heavy (non-hydrogen) atoms. The number of carbonyl (C=O) groups is 2. The topological polar surface area (TPSA) is 84.8 Å². The Morgan fingerprint density at radius 3 is 2.79 bits per heavy atom. The number of nitrogens with one attached hydrogen (secondary N) is 2. The lowest BCUT2D eigenvalue weighted by Gasteiger charge is -2.27. The van der Waals surface area contributed by atoms with E-state index in [1.165, 1.54) is 0 Å². The number of ether oxygens (including phenoxy) is 2. The minimum absolute atomic E-state index is 0.0377. The van der Waals surface area contributed by atoms with Gasteiger partial charge in [-0.15, -0.1) is 0 Å². The lowest BCUT2D eigenvalue weighted by Crippen LogP contribution is -2.43. The molecule has 0 radical (unpaired) electrons. The summed E-state index contributed by atoms with van der Waals surface area (Å²) in [6, 6.07) is 7.78. The molecule has 2 fully saturated rings. The van der Waals surface area contributed by atoms with Crippen LogP contribution in [-0.4, -0.2) is 73.4 Å². The second kappa shape index (κ2) is 8.72. The maximum Gasteiger partial charge on any atom is 0.242 e. The van der Waals surface area contributed by atoms with Crippen LogP contribution in [0.4, 0.5) is 5.69 Å². The summed E-state index contributed by atoms with van der Waals surface area (Å²) >= 11 is 0. The van der Waals surface area contributed by atoms with E-state index >= 15 is 0 Å². The van der Waals surface area contributed by atoms with Crippen LogP contribution in [0.5, 0.6) is 0 Å². The molecule has 2 saturated heterocycles. The van der Waals surface area contributed by atoms with Crippen LogP contribution in [-0.2, 0) is 25.6 Å². The molecule has 3 heterocycles. The minimum atomic E-state index is -0.0377. The number of carbonyl (C=O) groups excluding carboxylic acids is 2. The van der Waals surface area contributed by atoms with E-state index in [1.807, 2.05) is 39.9 Å². The Morgan fingerprint density at radius 2 is 2.00 bits per heavy atom. The van der Waals surface area contributed by atoms with E-state index in [0.717, 1.165) is 23.1 Å². The largest absolute Gasteiger partial charge is 0.378 e. The zero-order valence-corrected chi connectivity index (χ0v) is 15.9. The third-order valence-electron chi connectivity index (χ3n) is 5.15. The van der Waals surface area contributed by atoms with Gasteiger partial charge in [0, 0.05) is 54.9 Å². The molecular weight excluding hydrogens is 360 g/mol. The molecule has 0 spiro atoms. The van der Waals surface area contributed by atoms with Gasteiger partial charge in [-0.05, 0) is 24.3 Å². The van der Waals surface area contributed by atoms with Gasteiger partial charge in [-0.3, -0.25) is 9.59 Å². The Bertz CT molecular complexity index is 838.